The summed E-state index contributed by atoms with van der Waals surface area (Å²) in [7, 11) is -2.01. The molecule has 0 spiro atoms. The molecule has 0 amide bonds. The number of methoxy groups -OCH3 is 1. The number of sulfonamides is 1. The average molecular weight is 376 g/mol. The summed E-state index contributed by atoms with van der Waals surface area (Å²) in [5.41, 5.74) is 1.33. The van der Waals surface area contributed by atoms with Gasteiger partial charge in [0.25, 0.3) is 10.0 Å². The van der Waals surface area contributed by atoms with Crippen molar-refractivity contribution < 1.29 is 13.2 Å². The van der Waals surface area contributed by atoms with E-state index >= 15 is 0 Å². The van der Waals surface area contributed by atoms with Gasteiger partial charge in [0.1, 0.15) is 4.90 Å². The van der Waals surface area contributed by atoms with Gasteiger partial charge in [-0.05, 0) is 35.0 Å². The van der Waals surface area contributed by atoms with E-state index in [1.54, 1.807) is 32.2 Å². The van der Waals surface area contributed by atoms with Gasteiger partial charge in [0, 0.05) is 17.6 Å². The van der Waals surface area contributed by atoms with Crippen LogP contribution in [0.3, 0.4) is 0 Å². The van der Waals surface area contributed by atoms with Gasteiger partial charge in [0.2, 0.25) is 0 Å². The molecule has 0 unspecified atom stereocenters. The monoisotopic (exact) mass is 375 g/mol. The first-order valence-electron chi connectivity index (χ1n) is 5.79. The molecule has 20 heavy (non-hydrogen) atoms. The van der Waals surface area contributed by atoms with E-state index in [9.17, 15) is 8.42 Å². The van der Waals surface area contributed by atoms with E-state index in [1.165, 1.54) is 11.3 Å². The van der Waals surface area contributed by atoms with E-state index in [0.717, 1.165) is 14.2 Å². The third-order valence-electron chi connectivity index (χ3n) is 2.69. The zero-order chi connectivity index (χ0) is 14.8. The molecule has 0 radical (unpaired) electrons. The van der Waals surface area contributed by atoms with Gasteiger partial charge >= 0.3 is 0 Å². The fraction of sp³-hybridized carbons (Fsp3) is 0.231. The van der Waals surface area contributed by atoms with Crippen molar-refractivity contribution in [3.05, 3.63) is 44.6 Å². The molecular formula is C13H14BrNO3S2. The fourth-order valence-corrected chi connectivity index (χ4v) is 5.31. The zero-order valence-corrected chi connectivity index (χ0v) is 14.2. The minimum absolute atomic E-state index is 0.293. The highest BCUT2D eigenvalue weighted by Gasteiger charge is 2.20. The van der Waals surface area contributed by atoms with Gasteiger partial charge in [-0.15, -0.1) is 11.3 Å². The first kappa shape index (κ1) is 15.5. The van der Waals surface area contributed by atoms with E-state index in [2.05, 4.69) is 20.7 Å². The maximum atomic E-state index is 12.4. The Hall–Kier alpha value is -0.890. The molecule has 7 heteroatoms. The molecule has 0 saturated heterocycles. The lowest BCUT2D eigenvalue weighted by molar-refractivity contribution is 0.185. The van der Waals surface area contributed by atoms with E-state index < -0.39 is 10.0 Å². The van der Waals surface area contributed by atoms with Crippen LogP contribution >= 0.6 is 27.3 Å². The molecule has 0 saturated carbocycles. The van der Waals surface area contributed by atoms with E-state index in [-0.39, 0.29) is 0 Å². The Labute approximate surface area is 131 Å². The Bertz CT molecular complexity index is 710. The molecule has 0 atom stereocenters. The number of ether oxygens (including phenoxy) is 1. The number of benzene rings is 1. The minimum Gasteiger partial charge on any atom is -0.380 e. The Balaban J connectivity index is 2.36. The Morgan fingerprint density at radius 3 is 2.65 bits per heavy atom. The molecule has 0 bridgehead atoms. The quantitative estimate of drug-likeness (QED) is 0.865. The van der Waals surface area contributed by atoms with Crippen molar-refractivity contribution in [1.82, 2.24) is 0 Å². The van der Waals surface area contributed by atoms with Gasteiger partial charge in [-0.25, -0.2) is 8.42 Å². The Morgan fingerprint density at radius 1 is 1.35 bits per heavy atom. The number of halogens is 1. The number of hydrogen-bond donors (Lipinski definition) is 1. The molecule has 2 rings (SSSR count). The molecule has 0 fully saturated rings. The van der Waals surface area contributed by atoms with Crippen LogP contribution in [0.1, 0.15) is 10.4 Å². The lowest BCUT2D eigenvalue weighted by Crippen LogP contribution is -2.14. The van der Waals surface area contributed by atoms with Crippen molar-refractivity contribution >= 4 is 43.0 Å². The molecular weight excluding hydrogens is 362 g/mol. The number of rotatable bonds is 5. The summed E-state index contributed by atoms with van der Waals surface area (Å²) < 4.78 is 33.3. The van der Waals surface area contributed by atoms with Crippen LogP contribution < -0.4 is 4.72 Å². The SMILES string of the molecule is COCc1ccccc1NS(=O)(=O)c1cc(Br)sc1C. The summed E-state index contributed by atoms with van der Waals surface area (Å²) in [4.78, 5) is 1.04. The van der Waals surface area contributed by atoms with Crippen molar-refractivity contribution in [1.29, 1.82) is 0 Å². The normalized spacial score (nSPS) is 11.6. The zero-order valence-electron chi connectivity index (χ0n) is 11.0. The molecule has 1 aromatic carbocycles. The lowest BCUT2D eigenvalue weighted by atomic mass is 10.2. The van der Waals surface area contributed by atoms with Gasteiger partial charge in [-0.3, -0.25) is 4.72 Å². The predicted molar refractivity (Wildman–Crippen MR) is 84.7 cm³/mol. The first-order valence-corrected chi connectivity index (χ1v) is 8.89. The van der Waals surface area contributed by atoms with Gasteiger partial charge < -0.3 is 4.74 Å². The summed E-state index contributed by atoms with van der Waals surface area (Å²) in [5, 5.41) is 0. The maximum absolute atomic E-state index is 12.4. The smallest absolute Gasteiger partial charge is 0.263 e. The van der Waals surface area contributed by atoms with Crippen LogP contribution in [-0.2, 0) is 21.4 Å². The number of anilines is 1. The third kappa shape index (κ3) is 3.41. The summed E-state index contributed by atoms with van der Waals surface area (Å²) in [6.07, 6.45) is 0. The van der Waals surface area contributed by atoms with Gasteiger partial charge in [0.05, 0.1) is 16.1 Å². The van der Waals surface area contributed by atoms with Gasteiger partial charge in [-0.1, -0.05) is 18.2 Å². The highest BCUT2D eigenvalue weighted by Crippen LogP contribution is 2.31. The minimum atomic E-state index is -3.59. The number of aryl methyl sites for hydroxylation is 1. The van der Waals surface area contributed by atoms with E-state index in [4.69, 9.17) is 4.74 Å². The highest BCUT2D eigenvalue weighted by atomic mass is 79.9. The molecule has 2 aromatic rings. The second-order valence-electron chi connectivity index (χ2n) is 4.17. The highest BCUT2D eigenvalue weighted by molar-refractivity contribution is 9.11. The Kier molecular flexibility index (Phi) is 4.85. The topological polar surface area (TPSA) is 55.4 Å². The average Bonchev–Trinajstić information content (AvgIpc) is 2.72. The molecule has 1 heterocycles. The van der Waals surface area contributed by atoms with Gasteiger partial charge in [-0.2, -0.15) is 0 Å². The number of thiophene rings is 1. The standard InChI is InChI=1S/C13H14BrNO3S2/c1-9-12(7-13(14)19-9)20(16,17)15-11-6-4-3-5-10(11)8-18-2/h3-7,15H,8H2,1-2H3. The second-order valence-corrected chi connectivity index (χ2v) is 8.45. The van der Waals surface area contributed by atoms with Crippen LogP contribution in [0.25, 0.3) is 0 Å². The molecule has 4 nitrogen and oxygen atoms in total. The van der Waals surface area contributed by atoms with Crippen molar-refractivity contribution in [2.24, 2.45) is 0 Å². The molecule has 1 N–H and O–H groups in total. The van der Waals surface area contributed by atoms with Gasteiger partial charge in [0.15, 0.2) is 0 Å². The number of nitrogens with one attached hydrogen (secondary N) is 1. The van der Waals surface area contributed by atoms with Crippen LogP contribution in [0.5, 0.6) is 0 Å². The molecule has 0 aliphatic carbocycles. The van der Waals surface area contributed by atoms with Crippen molar-refractivity contribution in [3.8, 4) is 0 Å². The predicted octanol–water partition coefficient (Wildman–Crippen LogP) is 3.77. The number of hydrogen-bond acceptors (Lipinski definition) is 4. The van der Waals surface area contributed by atoms with Crippen LogP contribution in [0, 0.1) is 6.92 Å². The first-order chi connectivity index (χ1) is 9.44. The summed E-state index contributed by atoms with van der Waals surface area (Å²) >= 11 is 4.70. The van der Waals surface area contributed by atoms with Crippen LogP contribution in [-0.4, -0.2) is 15.5 Å². The van der Waals surface area contributed by atoms with E-state index in [0.29, 0.717) is 17.2 Å². The van der Waals surface area contributed by atoms with Crippen LogP contribution in [0.4, 0.5) is 5.69 Å². The van der Waals surface area contributed by atoms with Crippen molar-refractivity contribution in [2.75, 3.05) is 11.8 Å². The molecule has 0 aliphatic heterocycles. The maximum Gasteiger partial charge on any atom is 0.263 e. The van der Waals surface area contributed by atoms with Crippen LogP contribution in [0.2, 0.25) is 0 Å². The molecule has 108 valence electrons. The lowest BCUT2D eigenvalue weighted by Gasteiger charge is -2.11. The van der Waals surface area contributed by atoms with Crippen molar-refractivity contribution in [2.45, 2.75) is 18.4 Å². The van der Waals surface area contributed by atoms with E-state index in [1.807, 2.05) is 12.1 Å². The Morgan fingerprint density at radius 2 is 2.05 bits per heavy atom. The van der Waals surface area contributed by atoms with Crippen molar-refractivity contribution in [3.63, 3.8) is 0 Å². The molecule has 1 aromatic heterocycles. The largest absolute Gasteiger partial charge is 0.380 e. The second kappa shape index (κ2) is 6.26. The summed E-state index contributed by atoms with van der Waals surface area (Å²) in [6.45, 7) is 2.13. The summed E-state index contributed by atoms with van der Waals surface area (Å²) in [5.74, 6) is 0. The third-order valence-corrected chi connectivity index (χ3v) is 5.87. The number of para-hydroxylation sites is 1. The van der Waals surface area contributed by atoms with Crippen LogP contribution in [0.15, 0.2) is 39.0 Å². The summed E-state index contributed by atoms with van der Waals surface area (Å²) in [6, 6.07) is 8.80. The fourth-order valence-electron chi connectivity index (χ4n) is 1.80. The molecule has 0 aliphatic rings.